The Kier molecular flexibility index (Phi) is 6.15. The monoisotopic (exact) mass is 457 g/mol. The first kappa shape index (κ1) is 21.6. The number of amides is 3. The molecule has 2 aliphatic rings. The van der Waals surface area contributed by atoms with Gasteiger partial charge in [0.1, 0.15) is 0 Å². The van der Waals surface area contributed by atoms with Crippen LogP contribution in [0.5, 0.6) is 0 Å². The summed E-state index contributed by atoms with van der Waals surface area (Å²) in [5.41, 5.74) is 5.59. The van der Waals surface area contributed by atoms with E-state index in [4.69, 9.17) is 5.73 Å². The van der Waals surface area contributed by atoms with Crippen molar-refractivity contribution in [2.45, 2.75) is 30.2 Å². The molecule has 162 valence electrons. The number of hydrogen-bond acceptors (Lipinski definition) is 6. The van der Waals surface area contributed by atoms with Crippen molar-refractivity contribution in [2.75, 3.05) is 18.8 Å². The van der Waals surface area contributed by atoms with Crippen LogP contribution in [0.3, 0.4) is 0 Å². The van der Waals surface area contributed by atoms with E-state index >= 15 is 0 Å². The van der Waals surface area contributed by atoms with Gasteiger partial charge >= 0.3 is 0 Å². The molecule has 1 aromatic carbocycles. The first-order chi connectivity index (χ1) is 15.0. The number of primary amides is 1. The topological polar surface area (TPSA) is 101 Å². The van der Waals surface area contributed by atoms with Crippen molar-refractivity contribution in [3.8, 4) is 0 Å². The zero-order valence-corrected chi connectivity index (χ0v) is 18.5. The normalized spacial score (nSPS) is 22.6. The third kappa shape index (κ3) is 3.76. The Morgan fingerprint density at radius 2 is 1.97 bits per heavy atom. The molecule has 0 radical (unpaired) electrons. The number of carbonyl (C=O) groups excluding carboxylic acids is 4. The molecule has 3 amide bonds. The summed E-state index contributed by atoms with van der Waals surface area (Å²) in [6, 6.07) is 10.9. The number of likely N-dealkylation sites (tertiary alicyclic amines) is 2. The summed E-state index contributed by atoms with van der Waals surface area (Å²) < 4.78 is 0. The summed E-state index contributed by atoms with van der Waals surface area (Å²) in [6.45, 7) is 0.0176. The lowest BCUT2D eigenvalue weighted by Crippen LogP contribution is -2.64. The summed E-state index contributed by atoms with van der Waals surface area (Å²) in [4.78, 5) is 54.3. The van der Waals surface area contributed by atoms with Gasteiger partial charge in [-0.05, 0) is 23.4 Å². The molecule has 9 heteroatoms. The fourth-order valence-electron chi connectivity index (χ4n) is 4.50. The molecular weight excluding hydrogens is 434 g/mol. The molecule has 1 aromatic heterocycles. The lowest BCUT2D eigenvalue weighted by Gasteiger charge is -2.34. The maximum Gasteiger partial charge on any atom is 0.255 e. The van der Waals surface area contributed by atoms with Crippen LogP contribution in [-0.2, 0) is 20.1 Å². The van der Waals surface area contributed by atoms with Crippen LogP contribution in [0.15, 0.2) is 47.2 Å². The molecule has 2 aliphatic heterocycles. The summed E-state index contributed by atoms with van der Waals surface area (Å²) in [5.74, 6) is -0.576. The van der Waals surface area contributed by atoms with E-state index in [0.29, 0.717) is 17.7 Å². The molecule has 2 N–H and O–H groups in total. The second-order valence-corrected chi connectivity index (χ2v) is 9.52. The Balaban J connectivity index is 1.46. The van der Waals surface area contributed by atoms with Crippen LogP contribution < -0.4 is 5.73 Å². The number of thiophene rings is 1. The number of fused-ring (bicyclic) bond motifs is 1. The highest BCUT2D eigenvalue weighted by molar-refractivity contribution is 7.98. The lowest BCUT2D eigenvalue weighted by atomic mass is 9.88. The van der Waals surface area contributed by atoms with Crippen molar-refractivity contribution in [1.29, 1.82) is 0 Å². The maximum atomic E-state index is 13.0. The summed E-state index contributed by atoms with van der Waals surface area (Å²) in [5, 5.41) is 3.49. The number of nitrogens with two attached hydrogens (primary N) is 1. The Bertz CT molecular complexity index is 995. The van der Waals surface area contributed by atoms with Gasteiger partial charge < -0.3 is 15.5 Å². The average molecular weight is 458 g/mol. The summed E-state index contributed by atoms with van der Waals surface area (Å²) in [7, 11) is 0. The molecule has 0 aliphatic carbocycles. The number of rotatable bonds is 7. The molecule has 0 saturated carbocycles. The van der Waals surface area contributed by atoms with Gasteiger partial charge in [0.05, 0.1) is 18.2 Å². The number of ketones is 1. The van der Waals surface area contributed by atoms with Crippen LogP contribution in [0.1, 0.15) is 28.8 Å². The third-order valence-corrected chi connectivity index (χ3v) is 7.64. The van der Waals surface area contributed by atoms with Gasteiger partial charge in [-0.25, -0.2) is 0 Å². The fraction of sp³-hybridized carbons (Fsp3) is 0.364. The van der Waals surface area contributed by atoms with Crippen molar-refractivity contribution >= 4 is 46.6 Å². The zero-order valence-electron chi connectivity index (χ0n) is 16.9. The smallest absolute Gasteiger partial charge is 0.255 e. The number of nitrogens with zero attached hydrogens (tertiary/aromatic N) is 2. The van der Waals surface area contributed by atoms with Gasteiger partial charge in [-0.3, -0.25) is 19.2 Å². The Morgan fingerprint density at radius 1 is 1.19 bits per heavy atom. The van der Waals surface area contributed by atoms with E-state index < -0.39 is 23.3 Å². The molecule has 0 bridgehead atoms. The Labute approximate surface area is 188 Å². The van der Waals surface area contributed by atoms with Crippen molar-refractivity contribution in [3.05, 3.63) is 58.3 Å². The predicted octanol–water partition coefficient (Wildman–Crippen LogP) is 1.92. The van der Waals surface area contributed by atoms with E-state index in [1.807, 2.05) is 30.3 Å². The molecule has 2 aromatic rings. The van der Waals surface area contributed by atoms with E-state index in [0.717, 1.165) is 5.75 Å². The van der Waals surface area contributed by atoms with Gasteiger partial charge in [-0.1, -0.05) is 30.3 Å². The van der Waals surface area contributed by atoms with E-state index in [-0.39, 0.29) is 31.3 Å². The first-order valence-electron chi connectivity index (χ1n) is 10.0. The largest absolute Gasteiger partial charge is 0.367 e. The highest BCUT2D eigenvalue weighted by Crippen LogP contribution is 2.40. The molecule has 31 heavy (non-hydrogen) atoms. The van der Waals surface area contributed by atoms with Crippen molar-refractivity contribution in [3.63, 3.8) is 0 Å². The van der Waals surface area contributed by atoms with Crippen LogP contribution in [0, 0.1) is 0 Å². The Hall–Kier alpha value is -2.65. The van der Waals surface area contributed by atoms with Crippen LogP contribution in [-0.4, -0.2) is 63.7 Å². The molecule has 7 nitrogen and oxygen atoms in total. The predicted molar refractivity (Wildman–Crippen MR) is 120 cm³/mol. The first-order valence-corrected chi connectivity index (χ1v) is 12.1. The van der Waals surface area contributed by atoms with Crippen LogP contribution >= 0.6 is 23.1 Å². The van der Waals surface area contributed by atoms with Gasteiger partial charge in [-0.2, -0.15) is 23.1 Å². The highest BCUT2D eigenvalue weighted by atomic mass is 32.2. The molecule has 2 atom stereocenters. The van der Waals surface area contributed by atoms with Gasteiger partial charge in [-0.15, -0.1) is 0 Å². The minimum atomic E-state index is -1.76. The molecule has 0 spiro atoms. The van der Waals surface area contributed by atoms with Gasteiger partial charge in [0.15, 0.2) is 5.78 Å². The van der Waals surface area contributed by atoms with Crippen LogP contribution in [0.2, 0.25) is 0 Å². The Morgan fingerprint density at radius 3 is 2.65 bits per heavy atom. The third-order valence-electron chi connectivity index (χ3n) is 5.93. The minimum Gasteiger partial charge on any atom is -0.367 e. The van der Waals surface area contributed by atoms with Gasteiger partial charge in [0.25, 0.3) is 11.8 Å². The quantitative estimate of drug-likeness (QED) is 0.506. The van der Waals surface area contributed by atoms with Gasteiger partial charge in [0.2, 0.25) is 11.4 Å². The second-order valence-electron chi connectivity index (χ2n) is 7.64. The number of Topliss-reactive ketones (excluding diaryl/α,β-unsaturated/α-hetero) is 1. The SMILES string of the molecule is NC(=O)C12C(=O)CN(C(=O)c3ccsc3)C1CCN2C(=O)CCSCc1ccccc1. The van der Waals surface area contributed by atoms with Crippen LogP contribution in [0.25, 0.3) is 0 Å². The summed E-state index contributed by atoms with van der Waals surface area (Å²) >= 11 is 3.00. The number of benzene rings is 1. The fourth-order valence-corrected chi connectivity index (χ4v) is 6.02. The number of thioether (sulfide) groups is 1. The molecular formula is C22H23N3O4S2. The van der Waals surface area contributed by atoms with Crippen molar-refractivity contribution in [1.82, 2.24) is 9.80 Å². The maximum absolute atomic E-state index is 13.0. The molecule has 2 fully saturated rings. The van der Waals surface area contributed by atoms with E-state index in [1.54, 1.807) is 28.6 Å². The summed E-state index contributed by atoms with van der Waals surface area (Å²) in [6.07, 6.45) is 0.554. The second kappa shape index (κ2) is 8.84. The van der Waals surface area contributed by atoms with E-state index in [1.165, 1.54) is 26.7 Å². The van der Waals surface area contributed by atoms with Crippen molar-refractivity contribution < 1.29 is 19.2 Å². The standard InChI is InChI=1S/C22H23N3O4S2/c23-21(29)22-17(24(12-18(22)26)20(28)16-7-10-31-14-16)6-9-25(22)19(27)8-11-30-13-15-4-2-1-3-5-15/h1-5,7,10,14,17H,6,8-9,11-13H2,(H2,23,29). The van der Waals surface area contributed by atoms with Gasteiger partial charge in [0, 0.05) is 29.9 Å². The highest BCUT2D eigenvalue weighted by Gasteiger charge is 2.67. The zero-order chi connectivity index (χ0) is 22.0. The minimum absolute atomic E-state index is 0.199. The van der Waals surface area contributed by atoms with E-state index in [9.17, 15) is 19.2 Å². The molecule has 2 unspecified atom stereocenters. The lowest BCUT2D eigenvalue weighted by molar-refractivity contribution is -0.149. The molecule has 4 rings (SSSR count). The van der Waals surface area contributed by atoms with Crippen molar-refractivity contribution in [2.24, 2.45) is 5.73 Å². The number of hydrogen-bond donors (Lipinski definition) is 1. The van der Waals surface area contributed by atoms with E-state index in [2.05, 4.69) is 0 Å². The van der Waals surface area contributed by atoms with Crippen LogP contribution in [0.4, 0.5) is 0 Å². The molecule has 3 heterocycles. The molecule has 2 saturated heterocycles. The number of carbonyl (C=O) groups is 4. The average Bonchev–Trinajstić information content (AvgIpc) is 3.48.